The largest absolute Gasteiger partial charge is 0.356 e. The third kappa shape index (κ3) is 8.01. The molecule has 0 atom stereocenters. The number of halogens is 1. The third-order valence-electron chi connectivity index (χ3n) is 4.16. The number of hydrogen-bond acceptors (Lipinski definition) is 4. The molecule has 0 radical (unpaired) electrons. The van der Waals surface area contributed by atoms with Crippen molar-refractivity contribution in [3.63, 3.8) is 0 Å². The van der Waals surface area contributed by atoms with Crippen LogP contribution in [0.1, 0.15) is 21.5 Å². The zero-order chi connectivity index (χ0) is 20.6. The number of amides is 1. The lowest BCUT2D eigenvalue weighted by atomic mass is 10.1. The van der Waals surface area contributed by atoms with Gasteiger partial charge in [-0.2, -0.15) is 0 Å². The number of benzene rings is 2. The Kier molecular flexibility index (Phi) is 10.1. The monoisotopic (exact) mass is 530 g/mol. The van der Waals surface area contributed by atoms with Crippen LogP contribution in [0.25, 0.3) is 0 Å². The number of nitrogens with one attached hydrogen (secondary N) is 3. The van der Waals surface area contributed by atoms with E-state index in [0.29, 0.717) is 29.5 Å². The Hall–Kier alpha value is -2.14. The van der Waals surface area contributed by atoms with Gasteiger partial charge in [-0.1, -0.05) is 24.3 Å². The van der Waals surface area contributed by atoms with Crippen molar-refractivity contribution < 1.29 is 13.2 Å². The molecule has 0 spiro atoms. The Morgan fingerprint density at radius 1 is 1.03 bits per heavy atom. The zero-order valence-electron chi connectivity index (χ0n) is 16.7. The van der Waals surface area contributed by atoms with Crippen molar-refractivity contribution in [2.24, 2.45) is 4.99 Å². The van der Waals surface area contributed by atoms with E-state index in [9.17, 15) is 13.2 Å². The lowest BCUT2D eigenvalue weighted by Crippen LogP contribution is -2.37. The second-order valence-electron chi connectivity index (χ2n) is 6.30. The van der Waals surface area contributed by atoms with Gasteiger partial charge in [-0.25, -0.2) is 8.42 Å². The molecule has 0 aliphatic rings. The first-order valence-electron chi connectivity index (χ1n) is 8.88. The summed E-state index contributed by atoms with van der Waals surface area (Å²) in [4.78, 5) is 16.2. The van der Waals surface area contributed by atoms with E-state index in [1.165, 1.54) is 6.26 Å². The van der Waals surface area contributed by atoms with E-state index < -0.39 is 9.84 Å². The molecule has 0 saturated carbocycles. The van der Waals surface area contributed by atoms with Gasteiger partial charge >= 0.3 is 0 Å². The molecule has 158 valence electrons. The highest BCUT2D eigenvalue weighted by Gasteiger charge is 2.07. The molecule has 0 saturated heterocycles. The van der Waals surface area contributed by atoms with Crippen molar-refractivity contribution >= 4 is 45.7 Å². The van der Waals surface area contributed by atoms with E-state index in [1.807, 2.05) is 18.2 Å². The van der Waals surface area contributed by atoms with Crippen molar-refractivity contribution in [3.05, 3.63) is 65.2 Å². The fraction of sp³-hybridized carbons (Fsp3) is 0.300. The standard InChI is InChI=1S/C20H26N4O3S.HI/c1-21-19(25)17-6-4-5-15(13-17)11-12-23-20(22-2)24-14-16-7-9-18(10-8-16)28(3,26)27;/h4-10,13H,11-12,14H2,1-3H3,(H,21,25)(H2,22,23,24);1H. The van der Waals surface area contributed by atoms with Gasteiger partial charge < -0.3 is 16.0 Å². The Morgan fingerprint density at radius 2 is 1.72 bits per heavy atom. The summed E-state index contributed by atoms with van der Waals surface area (Å²) in [5, 5.41) is 9.04. The summed E-state index contributed by atoms with van der Waals surface area (Å²) in [6, 6.07) is 14.3. The summed E-state index contributed by atoms with van der Waals surface area (Å²) in [7, 11) is 0.115. The molecule has 9 heteroatoms. The highest BCUT2D eigenvalue weighted by Crippen LogP contribution is 2.10. The van der Waals surface area contributed by atoms with Gasteiger partial charge in [0, 0.05) is 39.0 Å². The molecular formula is C20H27IN4O3S. The van der Waals surface area contributed by atoms with Crippen LogP contribution in [0, 0.1) is 0 Å². The molecule has 0 aliphatic carbocycles. The number of hydrogen-bond donors (Lipinski definition) is 3. The molecule has 2 rings (SSSR count). The minimum absolute atomic E-state index is 0. The number of carbonyl (C=O) groups is 1. The van der Waals surface area contributed by atoms with Crippen LogP contribution in [0.2, 0.25) is 0 Å². The van der Waals surface area contributed by atoms with Gasteiger partial charge in [0.05, 0.1) is 4.90 Å². The molecule has 0 unspecified atom stereocenters. The molecule has 3 N–H and O–H groups in total. The van der Waals surface area contributed by atoms with Crippen molar-refractivity contribution in [1.29, 1.82) is 0 Å². The topological polar surface area (TPSA) is 99.7 Å². The summed E-state index contributed by atoms with van der Waals surface area (Å²) < 4.78 is 23.0. The van der Waals surface area contributed by atoms with Gasteiger partial charge in [0.15, 0.2) is 15.8 Å². The van der Waals surface area contributed by atoms with Crippen molar-refractivity contribution in [2.75, 3.05) is 26.9 Å². The lowest BCUT2D eigenvalue weighted by Gasteiger charge is -2.12. The van der Waals surface area contributed by atoms with E-state index in [1.54, 1.807) is 44.4 Å². The van der Waals surface area contributed by atoms with E-state index in [4.69, 9.17) is 0 Å². The van der Waals surface area contributed by atoms with E-state index >= 15 is 0 Å². The highest BCUT2D eigenvalue weighted by molar-refractivity contribution is 14.0. The van der Waals surface area contributed by atoms with E-state index in [2.05, 4.69) is 20.9 Å². The number of guanidine groups is 1. The van der Waals surface area contributed by atoms with Crippen LogP contribution in [-0.4, -0.2) is 47.2 Å². The summed E-state index contributed by atoms with van der Waals surface area (Å²) in [6.07, 6.45) is 1.94. The van der Waals surface area contributed by atoms with Gasteiger partial charge in [0.2, 0.25) is 0 Å². The minimum atomic E-state index is -3.19. The molecule has 29 heavy (non-hydrogen) atoms. The minimum Gasteiger partial charge on any atom is -0.356 e. The van der Waals surface area contributed by atoms with Crippen LogP contribution < -0.4 is 16.0 Å². The third-order valence-corrected chi connectivity index (χ3v) is 5.29. The number of nitrogens with zero attached hydrogens (tertiary/aromatic N) is 1. The van der Waals surface area contributed by atoms with Crippen LogP contribution in [0.3, 0.4) is 0 Å². The number of aliphatic imine (C=N–C) groups is 1. The van der Waals surface area contributed by atoms with Gasteiger partial charge in [0.1, 0.15) is 0 Å². The molecule has 0 bridgehead atoms. The van der Waals surface area contributed by atoms with Crippen molar-refractivity contribution in [1.82, 2.24) is 16.0 Å². The molecular weight excluding hydrogens is 503 g/mol. The van der Waals surface area contributed by atoms with Crippen LogP contribution in [-0.2, 0) is 22.8 Å². The molecule has 0 aromatic heterocycles. The Labute approximate surface area is 189 Å². The van der Waals surface area contributed by atoms with Crippen LogP contribution in [0.4, 0.5) is 0 Å². The molecule has 1 amide bonds. The number of rotatable bonds is 7. The van der Waals surface area contributed by atoms with E-state index in [0.717, 1.165) is 17.5 Å². The van der Waals surface area contributed by atoms with Gasteiger partial charge in [-0.15, -0.1) is 24.0 Å². The maximum atomic E-state index is 11.7. The smallest absolute Gasteiger partial charge is 0.251 e. The predicted octanol–water partition coefficient (Wildman–Crippen LogP) is 1.98. The van der Waals surface area contributed by atoms with Crippen molar-refractivity contribution in [3.8, 4) is 0 Å². The van der Waals surface area contributed by atoms with Crippen LogP contribution in [0.15, 0.2) is 58.4 Å². The first-order valence-corrected chi connectivity index (χ1v) is 10.8. The summed E-state index contributed by atoms with van der Waals surface area (Å²) in [6.45, 7) is 1.18. The second kappa shape index (κ2) is 11.8. The predicted molar refractivity (Wildman–Crippen MR) is 127 cm³/mol. The second-order valence-corrected chi connectivity index (χ2v) is 8.31. The first-order chi connectivity index (χ1) is 13.3. The Balaban J connectivity index is 0.00000420. The SMILES string of the molecule is CN=C(NCCc1cccc(C(=O)NC)c1)NCc1ccc(S(C)(=O)=O)cc1.I. The fourth-order valence-corrected chi connectivity index (χ4v) is 3.23. The van der Waals surface area contributed by atoms with Gasteiger partial charge in [0.25, 0.3) is 5.91 Å². The number of sulfone groups is 1. The van der Waals surface area contributed by atoms with Crippen LogP contribution >= 0.6 is 24.0 Å². The normalized spacial score (nSPS) is 11.3. The zero-order valence-corrected chi connectivity index (χ0v) is 19.9. The Morgan fingerprint density at radius 3 is 2.31 bits per heavy atom. The maximum Gasteiger partial charge on any atom is 0.251 e. The fourth-order valence-electron chi connectivity index (χ4n) is 2.60. The Bertz CT molecular complexity index is 944. The van der Waals surface area contributed by atoms with E-state index in [-0.39, 0.29) is 29.9 Å². The van der Waals surface area contributed by atoms with Crippen LogP contribution in [0.5, 0.6) is 0 Å². The maximum absolute atomic E-state index is 11.7. The summed E-state index contributed by atoms with van der Waals surface area (Å²) >= 11 is 0. The quantitative estimate of drug-likeness (QED) is 0.289. The molecule has 0 aliphatic heterocycles. The highest BCUT2D eigenvalue weighted by atomic mass is 127. The first kappa shape index (κ1) is 24.9. The molecule has 2 aromatic rings. The number of carbonyl (C=O) groups excluding carboxylic acids is 1. The molecule has 0 heterocycles. The molecule has 2 aromatic carbocycles. The lowest BCUT2D eigenvalue weighted by molar-refractivity contribution is 0.0963. The average Bonchev–Trinajstić information content (AvgIpc) is 2.69. The summed E-state index contributed by atoms with van der Waals surface area (Å²) in [5.41, 5.74) is 2.65. The molecule has 0 fully saturated rings. The van der Waals surface area contributed by atoms with Gasteiger partial charge in [-0.05, 0) is 41.8 Å². The van der Waals surface area contributed by atoms with Crippen molar-refractivity contribution in [2.45, 2.75) is 17.9 Å². The van der Waals surface area contributed by atoms with Gasteiger partial charge in [-0.3, -0.25) is 9.79 Å². The summed E-state index contributed by atoms with van der Waals surface area (Å²) in [5.74, 6) is 0.545. The molecule has 7 nitrogen and oxygen atoms in total. The average molecular weight is 530 g/mol.